The second kappa shape index (κ2) is 9.14. The maximum atomic E-state index is 12.2. The van der Waals surface area contributed by atoms with E-state index in [2.05, 4.69) is 10.6 Å². The molecule has 0 unspecified atom stereocenters. The van der Waals surface area contributed by atoms with Crippen LogP contribution in [0.25, 0.3) is 0 Å². The third kappa shape index (κ3) is 5.70. The maximum Gasteiger partial charge on any atom is 0.267 e. The predicted molar refractivity (Wildman–Crippen MR) is 98.0 cm³/mol. The molecule has 1 amide bonds. The van der Waals surface area contributed by atoms with Crippen molar-refractivity contribution in [2.45, 2.75) is 20.4 Å². The van der Waals surface area contributed by atoms with Gasteiger partial charge in [-0.2, -0.15) is 5.26 Å². The van der Waals surface area contributed by atoms with E-state index >= 15 is 0 Å². The van der Waals surface area contributed by atoms with Crippen LogP contribution in [0.4, 0.5) is 5.69 Å². The Kier molecular flexibility index (Phi) is 6.61. The van der Waals surface area contributed by atoms with E-state index in [1.165, 1.54) is 11.8 Å². The largest absolute Gasteiger partial charge is 0.494 e. The summed E-state index contributed by atoms with van der Waals surface area (Å²) in [5.74, 6) is 0.277. The van der Waals surface area contributed by atoms with Crippen molar-refractivity contribution in [1.82, 2.24) is 5.32 Å². The molecule has 0 aromatic heterocycles. The van der Waals surface area contributed by atoms with E-state index in [0.29, 0.717) is 18.8 Å². The number of nitrogens with one attached hydrogen (secondary N) is 2. The Morgan fingerprint density at radius 1 is 1.16 bits per heavy atom. The number of nitrogens with zero attached hydrogens (tertiary/aromatic N) is 1. The third-order valence-electron chi connectivity index (χ3n) is 3.46. The lowest BCUT2D eigenvalue weighted by molar-refractivity contribution is -0.112. The zero-order valence-corrected chi connectivity index (χ0v) is 14.4. The zero-order valence-electron chi connectivity index (χ0n) is 14.4. The Hall–Kier alpha value is -3.26. The summed E-state index contributed by atoms with van der Waals surface area (Å²) in [6, 6.07) is 17.0. The minimum atomic E-state index is -0.455. The van der Waals surface area contributed by atoms with Crippen molar-refractivity contribution >= 4 is 11.6 Å². The number of hydrogen-bond donors (Lipinski definition) is 2. The fourth-order valence-electron chi connectivity index (χ4n) is 2.13. The molecule has 25 heavy (non-hydrogen) atoms. The van der Waals surface area contributed by atoms with Crippen LogP contribution >= 0.6 is 0 Å². The fraction of sp³-hybridized carbons (Fsp3) is 0.200. The van der Waals surface area contributed by atoms with Gasteiger partial charge in [-0.25, -0.2) is 0 Å². The number of ether oxygens (including phenoxy) is 1. The number of anilines is 1. The molecular weight excluding hydrogens is 314 g/mol. The molecule has 0 aliphatic heterocycles. The van der Waals surface area contributed by atoms with Crippen LogP contribution in [-0.4, -0.2) is 12.5 Å². The summed E-state index contributed by atoms with van der Waals surface area (Å²) in [4.78, 5) is 12.2. The van der Waals surface area contributed by atoms with Crippen molar-refractivity contribution in [2.24, 2.45) is 0 Å². The van der Waals surface area contributed by atoms with Crippen LogP contribution in [0.3, 0.4) is 0 Å². The van der Waals surface area contributed by atoms with E-state index in [0.717, 1.165) is 11.3 Å². The van der Waals surface area contributed by atoms with Crippen molar-refractivity contribution in [3.8, 4) is 11.8 Å². The van der Waals surface area contributed by atoms with Crippen LogP contribution in [0.5, 0.6) is 5.75 Å². The van der Waals surface area contributed by atoms with Gasteiger partial charge in [0.05, 0.1) is 6.61 Å². The number of amides is 1. The van der Waals surface area contributed by atoms with Crippen molar-refractivity contribution in [1.29, 1.82) is 5.26 Å². The average Bonchev–Trinajstić information content (AvgIpc) is 2.62. The van der Waals surface area contributed by atoms with E-state index < -0.39 is 5.91 Å². The predicted octanol–water partition coefficient (Wildman–Crippen LogP) is 3.53. The molecule has 0 aliphatic carbocycles. The van der Waals surface area contributed by atoms with Gasteiger partial charge in [0.25, 0.3) is 5.91 Å². The average molecular weight is 335 g/mol. The molecular formula is C20H21N3O2. The monoisotopic (exact) mass is 335 g/mol. The Morgan fingerprint density at radius 3 is 2.44 bits per heavy atom. The van der Waals surface area contributed by atoms with Gasteiger partial charge in [-0.05, 0) is 43.7 Å². The highest BCUT2D eigenvalue weighted by molar-refractivity contribution is 6.06. The molecule has 0 saturated carbocycles. The molecule has 0 radical (unpaired) electrons. The van der Waals surface area contributed by atoms with Gasteiger partial charge in [-0.1, -0.05) is 29.8 Å². The van der Waals surface area contributed by atoms with Crippen molar-refractivity contribution in [3.05, 3.63) is 71.4 Å². The summed E-state index contributed by atoms with van der Waals surface area (Å²) in [5, 5.41) is 14.9. The third-order valence-corrected chi connectivity index (χ3v) is 3.46. The van der Waals surface area contributed by atoms with Gasteiger partial charge in [0.2, 0.25) is 0 Å². The van der Waals surface area contributed by atoms with Gasteiger partial charge in [0, 0.05) is 18.4 Å². The normalized spacial score (nSPS) is 10.7. The number of nitriles is 1. The summed E-state index contributed by atoms with van der Waals surface area (Å²) < 4.78 is 5.35. The van der Waals surface area contributed by atoms with Crippen LogP contribution in [0, 0.1) is 18.3 Å². The summed E-state index contributed by atoms with van der Waals surface area (Å²) in [5.41, 5.74) is 2.88. The molecule has 5 heteroatoms. The van der Waals surface area contributed by atoms with Gasteiger partial charge in [-0.15, -0.1) is 0 Å². The second-order valence-corrected chi connectivity index (χ2v) is 5.45. The molecule has 0 bridgehead atoms. The molecule has 0 saturated heterocycles. The van der Waals surface area contributed by atoms with E-state index in [1.807, 2.05) is 44.2 Å². The highest BCUT2D eigenvalue weighted by Gasteiger charge is 2.09. The van der Waals surface area contributed by atoms with Gasteiger partial charge >= 0.3 is 0 Å². The molecule has 0 heterocycles. The Morgan fingerprint density at radius 2 is 1.84 bits per heavy atom. The van der Waals surface area contributed by atoms with Gasteiger partial charge in [0.1, 0.15) is 17.4 Å². The highest BCUT2D eigenvalue weighted by atomic mass is 16.5. The van der Waals surface area contributed by atoms with Crippen LogP contribution in [-0.2, 0) is 11.3 Å². The lowest BCUT2D eigenvalue weighted by Gasteiger charge is -2.07. The summed E-state index contributed by atoms with van der Waals surface area (Å²) >= 11 is 0. The van der Waals surface area contributed by atoms with Gasteiger partial charge in [0.15, 0.2) is 0 Å². The Bertz CT molecular complexity index is 772. The molecule has 5 nitrogen and oxygen atoms in total. The minimum Gasteiger partial charge on any atom is -0.494 e. The first-order valence-electron chi connectivity index (χ1n) is 8.05. The van der Waals surface area contributed by atoms with Crippen LogP contribution in [0.2, 0.25) is 0 Å². The fourth-order valence-corrected chi connectivity index (χ4v) is 2.13. The zero-order chi connectivity index (χ0) is 18.1. The van der Waals surface area contributed by atoms with Crippen LogP contribution < -0.4 is 15.4 Å². The number of rotatable bonds is 7. The van der Waals surface area contributed by atoms with E-state index in [9.17, 15) is 10.1 Å². The first-order valence-corrected chi connectivity index (χ1v) is 8.05. The molecule has 2 N–H and O–H groups in total. The number of hydrogen-bond acceptors (Lipinski definition) is 4. The lowest BCUT2D eigenvalue weighted by Crippen LogP contribution is -2.16. The molecule has 0 aliphatic rings. The molecule has 128 valence electrons. The molecule has 0 fully saturated rings. The summed E-state index contributed by atoms with van der Waals surface area (Å²) in [7, 11) is 0. The molecule has 2 aromatic rings. The number of benzene rings is 2. The maximum absolute atomic E-state index is 12.2. The smallest absolute Gasteiger partial charge is 0.267 e. The standard InChI is InChI=1S/C20H21N3O2/c1-3-25-19-10-8-18(9-11-19)23-20(24)17(12-21)14-22-13-16-6-4-15(2)5-7-16/h4-11,14,22H,3,13H2,1-2H3,(H,23,24)/b17-14-. The number of carbonyl (C=O) groups is 1. The lowest BCUT2D eigenvalue weighted by atomic mass is 10.1. The molecule has 2 aromatic carbocycles. The molecule has 2 rings (SSSR count). The number of aryl methyl sites for hydroxylation is 1. The molecule has 0 spiro atoms. The van der Waals surface area contributed by atoms with Gasteiger partial charge in [-0.3, -0.25) is 4.79 Å². The summed E-state index contributed by atoms with van der Waals surface area (Å²) in [6.07, 6.45) is 1.43. The minimum absolute atomic E-state index is 0.0148. The van der Waals surface area contributed by atoms with Crippen LogP contribution in [0.15, 0.2) is 60.3 Å². The van der Waals surface area contributed by atoms with E-state index in [4.69, 9.17) is 4.74 Å². The van der Waals surface area contributed by atoms with Crippen molar-refractivity contribution in [2.75, 3.05) is 11.9 Å². The van der Waals surface area contributed by atoms with E-state index in [-0.39, 0.29) is 5.57 Å². The second-order valence-electron chi connectivity index (χ2n) is 5.45. The van der Waals surface area contributed by atoms with Crippen LogP contribution in [0.1, 0.15) is 18.1 Å². The number of carbonyl (C=O) groups excluding carboxylic acids is 1. The van der Waals surface area contributed by atoms with E-state index in [1.54, 1.807) is 24.3 Å². The highest BCUT2D eigenvalue weighted by Crippen LogP contribution is 2.16. The summed E-state index contributed by atoms with van der Waals surface area (Å²) in [6.45, 7) is 5.06. The SMILES string of the molecule is CCOc1ccc(NC(=O)/C(C#N)=C\NCc2ccc(C)cc2)cc1. The first kappa shape index (κ1) is 18.1. The first-order chi connectivity index (χ1) is 12.1. The topological polar surface area (TPSA) is 74.1 Å². The van der Waals surface area contributed by atoms with Crippen molar-refractivity contribution in [3.63, 3.8) is 0 Å². The van der Waals surface area contributed by atoms with Crippen molar-refractivity contribution < 1.29 is 9.53 Å². The Labute approximate surface area is 147 Å². The quantitative estimate of drug-likeness (QED) is 0.600. The van der Waals surface area contributed by atoms with Gasteiger partial charge < -0.3 is 15.4 Å². The Balaban J connectivity index is 1.93. The molecule has 0 atom stereocenters.